The van der Waals surface area contributed by atoms with Gasteiger partial charge in [0.2, 0.25) is 10.0 Å². The van der Waals surface area contributed by atoms with Crippen molar-refractivity contribution < 1.29 is 13.5 Å². The summed E-state index contributed by atoms with van der Waals surface area (Å²) in [7, 11) is -2.10. The van der Waals surface area contributed by atoms with Crippen LogP contribution < -0.4 is 10.5 Å². The molecule has 18 heavy (non-hydrogen) atoms. The molecule has 102 valence electrons. The molecule has 5 nitrogen and oxygen atoms in total. The summed E-state index contributed by atoms with van der Waals surface area (Å²) in [6, 6.07) is 4.66. The van der Waals surface area contributed by atoms with E-state index in [1.807, 2.05) is 6.92 Å². The molecular formula is C11H18N2O3S2. The number of aliphatic hydroxyl groups excluding tert-OH is 1. The highest BCUT2D eigenvalue weighted by molar-refractivity contribution is 8.00. The van der Waals surface area contributed by atoms with Gasteiger partial charge in [0, 0.05) is 22.4 Å². The Morgan fingerprint density at radius 3 is 2.67 bits per heavy atom. The monoisotopic (exact) mass is 290 g/mol. The first-order valence-electron chi connectivity index (χ1n) is 5.51. The highest BCUT2D eigenvalue weighted by Gasteiger charge is 2.14. The van der Waals surface area contributed by atoms with Gasteiger partial charge >= 0.3 is 0 Å². The fourth-order valence-electron chi connectivity index (χ4n) is 1.38. The van der Waals surface area contributed by atoms with Crippen molar-refractivity contribution >= 4 is 27.5 Å². The van der Waals surface area contributed by atoms with E-state index in [0.717, 1.165) is 4.90 Å². The number of anilines is 1. The average molecular weight is 290 g/mol. The quantitative estimate of drug-likeness (QED) is 0.538. The van der Waals surface area contributed by atoms with Crippen molar-refractivity contribution in [2.75, 3.05) is 19.4 Å². The van der Waals surface area contributed by atoms with Gasteiger partial charge in [0.25, 0.3) is 0 Å². The summed E-state index contributed by atoms with van der Waals surface area (Å²) in [5.41, 5.74) is 6.27. The van der Waals surface area contributed by atoms with Crippen LogP contribution in [0.5, 0.6) is 0 Å². The number of thioether (sulfide) groups is 1. The zero-order valence-electron chi connectivity index (χ0n) is 10.4. The molecule has 0 aromatic heterocycles. The highest BCUT2D eigenvalue weighted by atomic mass is 32.2. The number of hydrogen-bond donors (Lipinski definition) is 3. The second kappa shape index (κ2) is 6.42. The predicted octanol–water partition coefficient (Wildman–Crippen LogP) is 1.04. The molecule has 1 aromatic carbocycles. The van der Waals surface area contributed by atoms with E-state index < -0.39 is 10.0 Å². The van der Waals surface area contributed by atoms with Crippen LogP contribution in [0.15, 0.2) is 28.0 Å². The highest BCUT2D eigenvalue weighted by Crippen LogP contribution is 2.31. The van der Waals surface area contributed by atoms with Crippen molar-refractivity contribution in [1.82, 2.24) is 4.72 Å². The van der Waals surface area contributed by atoms with E-state index in [1.165, 1.54) is 30.9 Å². The van der Waals surface area contributed by atoms with Gasteiger partial charge in [-0.2, -0.15) is 0 Å². The second-order valence-corrected chi connectivity index (χ2v) is 7.21. The van der Waals surface area contributed by atoms with Crippen LogP contribution in [0.4, 0.5) is 5.69 Å². The van der Waals surface area contributed by atoms with Gasteiger partial charge in [-0.05, 0) is 31.7 Å². The average Bonchev–Trinajstić information content (AvgIpc) is 2.32. The minimum atomic E-state index is -3.46. The normalized spacial score (nSPS) is 13.5. The maximum atomic E-state index is 11.6. The predicted molar refractivity (Wildman–Crippen MR) is 74.1 cm³/mol. The summed E-state index contributed by atoms with van der Waals surface area (Å²) in [5, 5.41) is 9.06. The Hall–Kier alpha value is -0.760. The zero-order chi connectivity index (χ0) is 13.8. The van der Waals surface area contributed by atoms with E-state index >= 15 is 0 Å². The molecule has 0 bridgehead atoms. The molecule has 0 saturated heterocycles. The largest absolute Gasteiger partial charge is 0.398 e. The molecule has 4 N–H and O–H groups in total. The lowest BCUT2D eigenvalue weighted by Gasteiger charge is -2.12. The van der Waals surface area contributed by atoms with Crippen molar-refractivity contribution in [3.05, 3.63) is 18.2 Å². The number of nitrogen functional groups attached to an aromatic ring is 1. The molecule has 1 aromatic rings. The van der Waals surface area contributed by atoms with Gasteiger partial charge in [-0.15, -0.1) is 11.8 Å². The van der Waals surface area contributed by atoms with E-state index in [0.29, 0.717) is 12.1 Å². The maximum Gasteiger partial charge on any atom is 0.240 e. The number of aliphatic hydroxyl groups is 1. The van der Waals surface area contributed by atoms with Crippen molar-refractivity contribution in [2.45, 2.75) is 28.4 Å². The lowest BCUT2D eigenvalue weighted by Crippen LogP contribution is -2.18. The summed E-state index contributed by atoms with van der Waals surface area (Å²) >= 11 is 1.52. The fraction of sp³-hybridized carbons (Fsp3) is 0.455. The van der Waals surface area contributed by atoms with Crippen LogP contribution in [-0.4, -0.2) is 32.4 Å². The number of nitrogens with two attached hydrogens (primary N) is 1. The summed E-state index contributed by atoms with van der Waals surface area (Å²) in [6.07, 6.45) is 0.667. The zero-order valence-corrected chi connectivity index (χ0v) is 12.0. The molecule has 1 unspecified atom stereocenters. The van der Waals surface area contributed by atoms with E-state index in [4.69, 9.17) is 10.8 Å². The Balaban J connectivity index is 2.93. The van der Waals surface area contributed by atoms with E-state index in [1.54, 1.807) is 6.07 Å². The first-order chi connectivity index (χ1) is 8.40. The molecule has 0 spiro atoms. The first kappa shape index (κ1) is 15.3. The Morgan fingerprint density at radius 2 is 2.17 bits per heavy atom. The van der Waals surface area contributed by atoms with Crippen LogP contribution in [0.25, 0.3) is 0 Å². The van der Waals surface area contributed by atoms with E-state index in [2.05, 4.69) is 4.72 Å². The molecule has 0 amide bonds. The number of hydrogen-bond acceptors (Lipinski definition) is 5. The summed E-state index contributed by atoms with van der Waals surface area (Å²) in [6.45, 7) is 2.11. The second-order valence-electron chi connectivity index (χ2n) is 3.85. The van der Waals surface area contributed by atoms with Crippen LogP contribution in [0.3, 0.4) is 0 Å². The molecular weight excluding hydrogens is 272 g/mol. The van der Waals surface area contributed by atoms with Gasteiger partial charge in [0.15, 0.2) is 0 Å². The van der Waals surface area contributed by atoms with Gasteiger partial charge < -0.3 is 10.8 Å². The number of sulfonamides is 1. The van der Waals surface area contributed by atoms with Crippen LogP contribution in [0, 0.1) is 0 Å². The topological polar surface area (TPSA) is 92.4 Å². The third-order valence-electron chi connectivity index (χ3n) is 2.42. The van der Waals surface area contributed by atoms with Crippen molar-refractivity contribution in [3.63, 3.8) is 0 Å². The smallest absolute Gasteiger partial charge is 0.240 e. The van der Waals surface area contributed by atoms with Gasteiger partial charge in [0.1, 0.15) is 0 Å². The molecule has 0 saturated carbocycles. The van der Waals surface area contributed by atoms with Crippen LogP contribution in [-0.2, 0) is 10.0 Å². The lowest BCUT2D eigenvalue weighted by atomic mass is 10.3. The Labute approximate surface area is 112 Å². The Morgan fingerprint density at radius 1 is 1.50 bits per heavy atom. The van der Waals surface area contributed by atoms with Crippen molar-refractivity contribution in [1.29, 1.82) is 0 Å². The molecule has 7 heteroatoms. The molecule has 0 radical (unpaired) electrons. The number of benzene rings is 1. The minimum absolute atomic E-state index is 0.125. The fourth-order valence-corrected chi connectivity index (χ4v) is 3.14. The van der Waals surface area contributed by atoms with Gasteiger partial charge in [0.05, 0.1) is 4.90 Å². The van der Waals surface area contributed by atoms with Crippen LogP contribution in [0.1, 0.15) is 13.3 Å². The van der Waals surface area contributed by atoms with Gasteiger partial charge in [-0.25, -0.2) is 13.1 Å². The molecule has 0 aliphatic heterocycles. The summed E-state index contributed by atoms with van der Waals surface area (Å²) in [5.74, 6) is 0. The first-order valence-corrected chi connectivity index (χ1v) is 7.87. The molecule has 0 aliphatic rings. The molecule has 1 atom stereocenters. The molecule has 1 rings (SSSR count). The number of nitrogens with one attached hydrogen (secondary N) is 1. The third kappa shape index (κ3) is 3.88. The summed E-state index contributed by atoms with van der Waals surface area (Å²) < 4.78 is 25.4. The minimum Gasteiger partial charge on any atom is -0.398 e. The molecule has 0 heterocycles. The van der Waals surface area contributed by atoms with Crippen LogP contribution >= 0.6 is 11.8 Å². The standard InChI is InChI=1S/C11H18N2O3S2/c1-8(5-6-14)17-11-4-3-9(7-10(11)12)18(15,16)13-2/h3-4,7-8,13-14H,5-6,12H2,1-2H3. The van der Waals surface area contributed by atoms with Crippen LogP contribution in [0.2, 0.25) is 0 Å². The van der Waals surface area contributed by atoms with E-state index in [9.17, 15) is 8.42 Å². The lowest BCUT2D eigenvalue weighted by molar-refractivity contribution is 0.289. The summed E-state index contributed by atoms with van der Waals surface area (Å²) in [4.78, 5) is 0.979. The Bertz CT molecular complexity index is 503. The Kier molecular flexibility index (Phi) is 5.46. The SMILES string of the molecule is CNS(=O)(=O)c1ccc(SC(C)CCO)c(N)c1. The molecule has 0 aliphatic carbocycles. The third-order valence-corrected chi connectivity index (χ3v) is 5.10. The number of rotatable bonds is 6. The van der Waals surface area contributed by atoms with Gasteiger partial charge in [-0.3, -0.25) is 0 Å². The van der Waals surface area contributed by atoms with Crippen molar-refractivity contribution in [3.8, 4) is 0 Å². The maximum absolute atomic E-state index is 11.6. The van der Waals surface area contributed by atoms with Gasteiger partial charge in [-0.1, -0.05) is 6.92 Å². The van der Waals surface area contributed by atoms with Crippen molar-refractivity contribution in [2.24, 2.45) is 0 Å². The molecule has 0 fully saturated rings. The van der Waals surface area contributed by atoms with E-state index in [-0.39, 0.29) is 16.8 Å².